The number of nitrogens with zero attached hydrogens (tertiary/aromatic N) is 1. The van der Waals surface area contributed by atoms with Gasteiger partial charge in [-0.1, -0.05) is 44.2 Å². The molecule has 1 amide bonds. The summed E-state index contributed by atoms with van der Waals surface area (Å²) in [6.07, 6.45) is 1.31. The summed E-state index contributed by atoms with van der Waals surface area (Å²) >= 11 is 0. The summed E-state index contributed by atoms with van der Waals surface area (Å²) in [7, 11) is 0. The molecule has 3 rings (SSSR count). The maximum Gasteiger partial charge on any atom is 0.251 e. The minimum atomic E-state index is -0.0904. The lowest BCUT2D eigenvalue weighted by atomic mass is 9.91. The monoisotopic (exact) mass is 351 g/mol. The normalized spacial score (nSPS) is 20.7. The van der Waals surface area contributed by atoms with Crippen molar-refractivity contribution in [1.29, 1.82) is 0 Å². The van der Waals surface area contributed by atoms with Crippen LogP contribution in [0, 0.1) is 11.8 Å². The molecule has 1 saturated heterocycles. The molecular formula is C22H29N3O. The molecule has 1 fully saturated rings. The van der Waals surface area contributed by atoms with Gasteiger partial charge < -0.3 is 11.1 Å². The van der Waals surface area contributed by atoms with Crippen LogP contribution >= 0.6 is 0 Å². The third-order valence-corrected chi connectivity index (χ3v) is 5.05. The number of hydrogen-bond acceptors (Lipinski definition) is 3. The largest absolute Gasteiger partial charge is 0.399 e. The van der Waals surface area contributed by atoms with Crippen molar-refractivity contribution in [1.82, 2.24) is 10.2 Å². The smallest absolute Gasteiger partial charge is 0.251 e. The zero-order valence-electron chi connectivity index (χ0n) is 15.7. The molecule has 0 aliphatic carbocycles. The Bertz CT molecular complexity index is 749. The molecule has 0 spiro atoms. The van der Waals surface area contributed by atoms with Gasteiger partial charge in [-0.15, -0.1) is 0 Å². The number of piperidine rings is 1. The van der Waals surface area contributed by atoms with E-state index in [1.54, 1.807) is 24.3 Å². The summed E-state index contributed by atoms with van der Waals surface area (Å²) in [5.74, 6) is 1.40. The van der Waals surface area contributed by atoms with Gasteiger partial charge in [-0.2, -0.15) is 0 Å². The van der Waals surface area contributed by atoms with E-state index < -0.39 is 0 Å². The summed E-state index contributed by atoms with van der Waals surface area (Å²) in [5.41, 5.74) is 9.44. The first-order valence-corrected chi connectivity index (χ1v) is 9.44. The second kappa shape index (κ2) is 8.37. The molecule has 26 heavy (non-hydrogen) atoms. The zero-order chi connectivity index (χ0) is 18.5. The fourth-order valence-corrected chi connectivity index (χ4v) is 4.00. The van der Waals surface area contributed by atoms with Crippen LogP contribution in [-0.4, -0.2) is 23.9 Å². The molecule has 138 valence electrons. The van der Waals surface area contributed by atoms with Gasteiger partial charge in [0.2, 0.25) is 0 Å². The SMILES string of the molecule is CC1CC(C)CN(Cc2ccccc2CNC(=O)c2cccc(N)c2)C1. The first kappa shape index (κ1) is 18.5. The Kier molecular flexibility index (Phi) is 5.94. The van der Waals surface area contributed by atoms with E-state index in [0.717, 1.165) is 31.5 Å². The summed E-state index contributed by atoms with van der Waals surface area (Å²) in [6, 6.07) is 15.5. The van der Waals surface area contributed by atoms with Crippen LogP contribution in [0.4, 0.5) is 5.69 Å². The van der Waals surface area contributed by atoms with Crippen molar-refractivity contribution in [3.63, 3.8) is 0 Å². The Labute approximate surface area is 156 Å². The van der Waals surface area contributed by atoms with E-state index in [-0.39, 0.29) is 5.91 Å². The molecule has 0 saturated carbocycles. The highest BCUT2D eigenvalue weighted by Crippen LogP contribution is 2.23. The number of rotatable bonds is 5. The average molecular weight is 351 g/mol. The second-order valence-corrected chi connectivity index (χ2v) is 7.72. The summed E-state index contributed by atoms with van der Waals surface area (Å²) in [4.78, 5) is 14.9. The van der Waals surface area contributed by atoms with Crippen LogP contribution in [-0.2, 0) is 13.1 Å². The van der Waals surface area contributed by atoms with Gasteiger partial charge in [0, 0.05) is 37.4 Å². The van der Waals surface area contributed by atoms with E-state index >= 15 is 0 Å². The fraction of sp³-hybridized carbons (Fsp3) is 0.409. The fourth-order valence-electron chi connectivity index (χ4n) is 4.00. The van der Waals surface area contributed by atoms with Gasteiger partial charge >= 0.3 is 0 Å². The van der Waals surface area contributed by atoms with Crippen molar-refractivity contribution in [2.45, 2.75) is 33.4 Å². The first-order chi connectivity index (χ1) is 12.5. The van der Waals surface area contributed by atoms with Gasteiger partial charge in [-0.3, -0.25) is 9.69 Å². The lowest BCUT2D eigenvalue weighted by molar-refractivity contribution is 0.0950. The number of nitrogen functional groups attached to an aromatic ring is 1. The average Bonchev–Trinajstić information content (AvgIpc) is 2.60. The molecule has 2 atom stereocenters. The Balaban J connectivity index is 1.64. The van der Waals surface area contributed by atoms with Crippen LogP contribution < -0.4 is 11.1 Å². The summed E-state index contributed by atoms with van der Waals surface area (Å²) in [6.45, 7) is 8.44. The third-order valence-electron chi connectivity index (χ3n) is 5.05. The Morgan fingerprint density at radius 3 is 2.46 bits per heavy atom. The minimum absolute atomic E-state index is 0.0904. The van der Waals surface area contributed by atoms with Crippen LogP contribution in [0.3, 0.4) is 0 Å². The molecule has 3 N–H and O–H groups in total. The number of nitrogens with two attached hydrogens (primary N) is 1. The maximum atomic E-state index is 12.4. The van der Waals surface area contributed by atoms with Crippen LogP contribution in [0.25, 0.3) is 0 Å². The molecule has 0 aromatic heterocycles. The van der Waals surface area contributed by atoms with Gasteiger partial charge in [0.25, 0.3) is 5.91 Å². The van der Waals surface area contributed by atoms with Crippen molar-refractivity contribution >= 4 is 11.6 Å². The predicted molar refractivity (Wildman–Crippen MR) is 107 cm³/mol. The van der Waals surface area contributed by atoms with Crippen molar-refractivity contribution in [3.05, 3.63) is 65.2 Å². The van der Waals surface area contributed by atoms with Crippen molar-refractivity contribution in [2.75, 3.05) is 18.8 Å². The van der Waals surface area contributed by atoms with Crippen molar-refractivity contribution < 1.29 is 4.79 Å². The van der Waals surface area contributed by atoms with Crippen molar-refractivity contribution in [2.24, 2.45) is 11.8 Å². The highest BCUT2D eigenvalue weighted by Gasteiger charge is 2.22. The summed E-state index contributed by atoms with van der Waals surface area (Å²) < 4.78 is 0. The van der Waals surface area contributed by atoms with Gasteiger partial charge in [0.05, 0.1) is 0 Å². The number of carbonyl (C=O) groups is 1. The van der Waals surface area contributed by atoms with E-state index in [0.29, 0.717) is 17.8 Å². The standard InChI is InChI=1S/C22H29N3O/c1-16-10-17(2)14-25(13-16)15-20-7-4-3-6-19(20)12-24-22(26)18-8-5-9-21(23)11-18/h3-9,11,16-17H,10,12-15,23H2,1-2H3,(H,24,26). The second-order valence-electron chi connectivity index (χ2n) is 7.72. The molecule has 0 radical (unpaired) electrons. The number of hydrogen-bond donors (Lipinski definition) is 2. The van der Waals surface area contributed by atoms with Gasteiger partial charge in [-0.25, -0.2) is 0 Å². The van der Waals surface area contributed by atoms with Crippen LogP contribution in [0.5, 0.6) is 0 Å². The number of amides is 1. The third kappa shape index (κ3) is 4.85. The number of nitrogens with one attached hydrogen (secondary N) is 1. The Morgan fingerprint density at radius 2 is 1.77 bits per heavy atom. The molecule has 2 aromatic rings. The van der Waals surface area contributed by atoms with Crippen LogP contribution in [0.15, 0.2) is 48.5 Å². The lowest BCUT2D eigenvalue weighted by Gasteiger charge is -2.35. The maximum absolute atomic E-state index is 12.4. The van der Waals surface area contributed by atoms with E-state index in [9.17, 15) is 4.79 Å². The van der Waals surface area contributed by atoms with Crippen LogP contribution in [0.2, 0.25) is 0 Å². The molecule has 1 heterocycles. The first-order valence-electron chi connectivity index (χ1n) is 9.44. The zero-order valence-corrected chi connectivity index (χ0v) is 15.7. The molecule has 4 heteroatoms. The van der Waals surface area contributed by atoms with Gasteiger partial charge in [0.1, 0.15) is 0 Å². The van der Waals surface area contributed by atoms with Gasteiger partial charge in [-0.05, 0) is 47.6 Å². The molecule has 2 aromatic carbocycles. The number of carbonyl (C=O) groups excluding carboxylic acids is 1. The molecule has 0 bridgehead atoms. The number of anilines is 1. The highest BCUT2D eigenvalue weighted by molar-refractivity contribution is 5.94. The lowest BCUT2D eigenvalue weighted by Crippen LogP contribution is -2.38. The van der Waals surface area contributed by atoms with Gasteiger partial charge in [0.15, 0.2) is 0 Å². The van der Waals surface area contributed by atoms with E-state index in [2.05, 4.69) is 42.3 Å². The Morgan fingerprint density at radius 1 is 1.08 bits per heavy atom. The molecular weight excluding hydrogens is 322 g/mol. The molecule has 4 nitrogen and oxygen atoms in total. The van der Waals surface area contributed by atoms with Crippen LogP contribution in [0.1, 0.15) is 41.8 Å². The molecule has 1 aliphatic heterocycles. The summed E-state index contributed by atoms with van der Waals surface area (Å²) in [5, 5.41) is 3.02. The molecule has 2 unspecified atom stereocenters. The minimum Gasteiger partial charge on any atom is -0.399 e. The van der Waals surface area contributed by atoms with E-state index in [1.165, 1.54) is 17.5 Å². The predicted octanol–water partition coefficient (Wildman–Crippen LogP) is 3.68. The van der Waals surface area contributed by atoms with E-state index in [1.807, 2.05) is 6.07 Å². The van der Waals surface area contributed by atoms with Crippen molar-refractivity contribution in [3.8, 4) is 0 Å². The number of benzene rings is 2. The molecule has 1 aliphatic rings. The van der Waals surface area contributed by atoms with E-state index in [4.69, 9.17) is 5.73 Å². The highest BCUT2D eigenvalue weighted by atomic mass is 16.1. The number of likely N-dealkylation sites (tertiary alicyclic amines) is 1. The quantitative estimate of drug-likeness (QED) is 0.808. The Hall–Kier alpha value is -2.33. The topological polar surface area (TPSA) is 58.4 Å².